The fraction of sp³-hybridized carbons (Fsp3) is 0.318. The number of hydrogen-bond donors (Lipinski definition) is 2. The molecule has 0 saturated carbocycles. The molecule has 2 aromatic carbocycles. The lowest BCUT2D eigenvalue weighted by molar-refractivity contribution is -0.136. The van der Waals surface area contributed by atoms with Gasteiger partial charge < -0.3 is 20.1 Å². The zero-order valence-corrected chi connectivity index (χ0v) is 17.1. The summed E-state index contributed by atoms with van der Waals surface area (Å²) in [5.74, 6) is -0.576. The number of ether oxygens (including phenoxy) is 1. The number of carboxylic acids is 1. The standard InChI is InChI=1S/C22H26N2O5/c1-5-24(15(3)26)13-17-12-18(23-14(2)25)7-8-19(17)20-10-16(11-22(27)28)6-9-21(20)29-4/h6-10,12H,5,11,13H2,1-4H3,(H,23,25)(H,27,28). The second-order valence-corrected chi connectivity index (χ2v) is 6.69. The smallest absolute Gasteiger partial charge is 0.307 e. The third-order valence-corrected chi connectivity index (χ3v) is 4.52. The van der Waals surface area contributed by atoms with E-state index in [0.717, 1.165) is 16.7 Å². The number of methoxy groups -OCH3 is 1. The number of nitrogens with zero attached hydrogens (tertiary/aromatic N) is 1. The molecule has 2 amide bonds. The van der Waals surface area contributed by atoms with Crippen LogP contribution in [0.5, 0.6) is 5.75 Å². The second-order valence-electron chi connectivity index (χ2n) is 6.69. The largest absolute Gasteiger partial charge is 0.496 e. The molecule has 7 heteroatoms. The molecule has 2 rings (SSSR count). The molecular formula is C22H26N2O5. The Kier molecular flexibility index (Phi) is 7.36. The topological polar surface area (TPSA) is 95.9 Å². The summed E-state index contributed by atoms with van der Waals surface area (Å²) in [6.45, 7) is 5.72. The molecule has 0 bridgehead atoms. The third kappa shape index (κ3) is 5.81. The van der Waals surface area contributed by atoms with Gasteiger partial charge in [0.1, 0.15) is 5.75 Å². The zero-order valence-electron chi connectivity index (χ0n) is 17.1. The molecule has 0 unspecified atom stereocenters. The molecule has 0 aliphatic heterocycles. The van der Waals surface area contributed by atoms with Crippen LogP contribution in [0, 0.1) is 0 Å². The number of carboxylic acid groups (broad SMARTS) is 1. The molecule has 7 nitrogen and oxygen atoms in total. The van der Waals surface area contributed by atoms with Gasteiger partial charge in [-0.15, -0.1) is 0 Å². The summed E-state index contributed by atoms with van der Waals surface area (Å²) in [5.41, 5.74) is 3.62. The molecule has 0 aromatic heterocycles. The Morgan fingerprint density at radius 2 is 1.79 bits per heavy atom. The molecular weight excluding hydrogens is 372 g/mol. The van der Waals surface area contributed by atoms with Crippen LogP contribution < -0.4 is 10.1 Å². The van der Waals surface area contributed by atoms with Crippen molar-refractivity contribution < 1.29 is 24.2 Å². The van der Waals surface area contributed by atoms with E-state index in [0.29, 0.717) is 30.1 Å². The van der Waals surface area contributed by atoms with Crippen LogP contribution in [0.15, 0.2) is 36.4 Å². The Balaban J connectivity index is 2.61. The molecule has 0 heterocycles. The Labute approximate surface area is 170 Å². The van der Waals surface area contributed by atoms with E-state index in [1.807, 2.05) is 19.1 Å². The van der Waals surface area contributed by atoms with E-state index in [9.17, 15) is 14.4 Å². The van der Waals surface area contributed by atoms with Crippen LogP contribution in [0.25, 0.3) is 11.1 Å². The number of carbonyl (C=O) groups is 3. The molecule has 0 aliphatic rings. The van der Waals surface area contributed by atoms with Crippen LogP contribution in [-0.2, 0) is 27.3 Å². The minimum Gasteiger partial charge on any atom is -0.496 e. The van der Waals surface area contributed by atoms with Gasteiger partial charge in [0.2, 0.25) is 11.8 Å². The number of anilines is 1. The monoisotopic (exact) mass is 398 g/mol. The highest BCUT2D eigenvalue weighted by molar-refractivity contribution is 5.89. The normalized spacial score (nSPS) is 10.3. The first-order chi connectivity index (χ1) is 13.7. The summed E-state index contributed by atoms with van der Waals surface area (Å²) in [6.07, 6.45) is -0.106. The highest BCUT2D eigenvalue weighted by Gasteiger charge is 2.16. The van der Waals surface area contributed by atoms with Crippen LogP contribution in [0.2, 0.25) is 0 Å². The van der Waals surface area contributed by atoms with E-state index < -0.39 is 5.97 Å². The fourth-order valence-electron chi connectivity index (χ4n) is 3.17. The van der Waals surface area contributed by atoms with Gasteiger partial charge in [0.25, 0.3) is 0 Å². The summed E-state index contributed by atoms with van der Waals surface area (Å²) in [5, 5.41) is 11.9. The highest BCUT2D eigenvalue weighted by Crippen LogP contribution is 2.35. The maximum Gasteiger partial charge on any atom is 0.307 e. The van der Waals surface area contributed by atoms with E-state index in [4.69, 9.17) is 9.84 Å². The van der Waals surface area contributed by atoms with E-state index in [1.54, 1.807) is 36.3 Å². The molecule has 2 N–H and O–H groups in total. The van der Waals surface area contributed by atoms with Crippen molar-refractivity contribution in [2.24, 2.45) is 0 Å². The number of rotatable bonds is 8. The molecule has 0 radical (unpaired) electrons. The first-order valence-corrected chi connectivity index (χ1v) is 9.30. The highest BCUT2D eigenvalue weighted by atomic mass is 16.5. The molecule has 0 spiro atoms. The number of carbonyl (C=O) groups excluding carboxylic acids is 2. The fourth-order valence-corrected chi connectivity index (χ4v) is 3.17. The minimum absolute atomic E-state index is 0.0602. The Morgan fingerprint density at radius 3 is 2.34 bits per heavy atom. The van der Waals surface area contributed by atoms with Crippen molar-refractivity contribution in [1.82, 2.24) is 4.90 Å². The van der Waals surface area contributed by atoms with Crippen molar-refractivity contribution in [3.8, 4) is 16.9 Å². The van der Waals surface area contributed by atoms with Crippen molar-refractivity contribution in [3.63, 3.8) is 0 Å². The van der Waals surface area contributed by atoms with Crippen LogP contribution in [0.4, 0.5) is 5.69 Å². The molecule has 29 heavy (non-hydrogen) atoms. The summed E-state index contributed by atoms with van der Waals surface area (Å²) < 4.78 is 5.49. The second kappa shape index (κ2) is 9.73. The number of hydrogen-bond acceptors (Lipinski definition) is 4. The summed E-state index contributed by atoms with van der Waals surface area (Å²) in [7, 11) is 1.55. The summed E-state index contributed by atoms with van der Waals surface area (Å²) >= 11 is 0. The maximum atomic E-state index is 12.0. The molecule has 0 saturated heterocycles. The van der Waals surface area contributed by atoms with Crippen molar-refractivity contribution in [1.29, 1.82) is 0 Å². The van der Waals surface area contributed by atoms with Gasteiger partial charge in [-0.05, 0) is 47.9 Å². The van der Waals surface area contributed by atoms with E-state index in [2.05, 4.69) is 5.32 Å². The minimum atomic E-state index is -0.920. The molecule has 0 aliphatic carbocycles. The van der Waals surface area contributed by atoms with Gasteiger partial charge in [0.05, 0.1) is 13.5 Å². The summed E-state index contributed by atoms with van der Waals surface area (Å²) in [4.78, 5) is 36.2. The van der Waals surface area contributed by atoms with Crippen LogP contribution in [0.1, 0.15) is 31.9 Å². The number of aliphatic carboxylic acids is 1. The SMILES string of the molecule is CCN(Cc1cc(NC(C)=O)ccc1-c1cc(CC(=O)O)ccc1OC)C(C)=O. The first-order valence-electron chi connectivity index (χ1n) is 9.30. The van der Waals surface area contributed by atoms with E-state index in [-0.39, 0.29) is 18.2 Å². The van der Waals surface area contributed by atoms with Crippen LogP contribution in [-0.4, -0.2) is 41.4 Å². The van der Waals surface area contributed by atoms with Gasteiger partial charge in [0, 0.05) is 38.2 Å². The molecule has 2 aromatic rings. The van der Waals surface area contributed by atoms with Crippen LogP contribution >= 0.6 is 0 Å². The molecule has 0 fully saturated rings. The molecule has 154 valence electrons. The lowest BCUT2D eigenvalue weighted by Gasteiger charge is -2.22. The van der Waals surface area contributed by atoms with Gasteiger partial charge in [-0.2, -0.15) is 0 Å². The van der Waals surface area contributed by atoms with Gasteiger partial charge in [-0.25, -0.2) is 0 Å². The summed E-state index contributed by atoms with van der Waals surface area (Å²) in [6, 6.07) is 10.7. The Hall–Kier alpha value is -3.35. The van der Waals surface area contributed by atoms with Gasteiger partial charge in [0.15, 0.2) is 0 Å². The maximum absolute atomic E-state index is 12.0. The average molecular weight is 398 g/mol. The van der Waals surface area contributed by atoms with Crippen molar-refractivity contribution in [3.05, 3.63) is 47.5 Å². The van der Waals surface area contributed by atoms with Crippen molar-refractivity contribution in [2.75, 3.05) is 19.0 Å². The predicted octanol–water partition coefficient (Wildman–Crippen LogP) is 3.32. The number of benzene rings is 2. The van der Waals surface area contributed by atoms with E-state index in [1.165, 1.54) is 13.8 Å². The predicted molar refractivity (Wildman–Crippen MR) is 111 cm³/mol. The van der Waals surface area contributed by atoms with Gasteiger partial charge >= 0.3 is 5.97 Å². The van der Waals surface area contributed by atoms with Gasteiger partial charge in [-0.1, -0.05) is 12.1 Å². The van der Waals surface area contributed by atoms with Crippen LogP contribution in [0.3, 0.4) is 0 Å². The van der Waals surface area contributed by atoms with Crippen molar-refractivity contribution in [2.45, 2.75) is 33.7 Å². The number of nitrogens with one attached hydrogen (secondary N) is 1. The Bertz CT molecular complexity index is 923. The Morgan fingerprint density at radius 1 is 1.07 bits per heavy atom. The number of amides is 2. The molecule has 0 atom stereocenters. The lowest BCUT2D eigenvalue weighted by Crippen LogP contribution is -2.28. The van der Waals surface area contributed by atoms with E-state index >= 15 is 0 Å². The first kappa shape index (κ1) is 21.9. The van der Waals surface area contributed by atoms with Gasteiger partial charge in [-0.3, -0.25) is 14.4 Å². The average Bonchev–Trinajstić information content (AvgIpc) is 2.65. The van der Waals surface area contributed by atoms with Crippen molar-refractivity contribution >= 4 is 23.5 Å². The quantitative estimate of drug-likeness (QED) is 0.711. The third-order valence-electron chi connectivity index (χ3n) is 4.52. The zero-order chi connectivity index (χ0) is 21.6. The lowest BCUT2D eigenvalue weighted by atomic mass is 9.95.